The lowest BCUT2D eigenvalue weighted by Gasteiger charge is -2.16. The van der Waals surface area contributed by atoms with E-state index in [1.54, 1.807) is 13.0 Å². The quantitative estimate of drug-likeness (QED) is 0.853. The molecule has 2 aromatic rings. The van der Waals surface area contributed by atoms with Gasteiger partial charge in [-0.3, -0.25) is 5.10 Å². The summed E-state index contributed by atoms with van der Waals surface area (Å²) in [4.78, 5) is 4.20. The highest BCUT2D eigenvalue weighted by Gasteiger charge is 2.23. The molecule has 0 aliphatic rings. The number of hydrogen-bond acceptors (Lipinski definition) is 5. The number of nitrogens with two attached hydrogens (primary N) is 1. The Morgan fingerprint density at radius 3 is 2.67 bits per heavy atom. The number of halogens is 1. The van der Waals surface area contributed by atoms with Crippen molar-refractivity contribution in [3.05, 3.63) is 40.4 Å². The molecule has 1 aromatic heterocycles. The Bertz CT molecular complexity index is 744. The molecule has 0 aliphatic heterocycles. The van der Waals surface area contributed by atoms with Crippen LogP contribution in [-0.4, -0.2) is 35.0 Å². The first-order valence-electron chi connectivity index (χ1n) is 6.17. The van der Waals surface area contributed by atoms with Gasteiger partial charge in [-0.1, -0.05) is 17.7 Å². The second-order valence-electron chi connectivity index (χ2n) is 4.56. The number of nitrogens with one attached hydrogen (secondary N) is 1. The molecule has 9 heteroatoms. The van der Waals surface area contributed by atoms with Crippen molar-refractivity contribution in [3.63, 3.8) is 0 Å². The zero-order chi connectivity index (χ0) is 15.6. The third-order valence-electron chi connectivity index (χ3n) is 2.96. The molecule has 0 saturated carbocycles. The van der Waals surface area contributed by atoms with Gasteiger partial charge in [-0.05, 0) is 24.6 Å². The van der Waals surface area contributed by atoms with Gasteiger partial charge in [-0.2, -0.15) is 9.40 Å². The number of aromatic nitrogens is 3. The van der Waals surface area contributed by atoms with E-state index < -0.39 is 10.0 Å². The summed E-state index contributed by atoms with van der Waals surface area (Å²) in [6, 6.07) is 4.50. The smallest absolute Gasteiger partial charge is 0.243 e. The van der Waals surface area contributed by atoms with Crippen molar-refractivity contribution in [2.45, 2.75) is 24.9 Å². The van der Waals surface area contributed by atoms with E-state index in [2.05, 4.69) is 15.2 Å². The Hall–Kier alpha value is -1.48. The highest BCUT2D eigenvalue weighted by molar-refractivity contribution is 7.89. The molecule has 0 spiro atoms. The molecule has 0 aliphatic carbocycles. The number of H-pyrrole nitrogens is 1. The second-order valence-corrected chi connectivity index (χ2v) is 7.01. The van der Waals surface area contributed by atoms with Gasteiger partial charge in [0.25, 0.3) is 0 Å². The lowest BCUT2D eigenvalue weighted by molar-refractivity contribution is 0.457. The number of nitrogens with zero attached hydrogens (tertiary/aromatic N) is 3. The second kappa shape index (κ2) is 6.10. The number of aromatic amines is 1. The van der Waals surface area contributed by atoms with Crippen LogP contribution in [0.5, 0.6) is 0 Å². The molecular formula is C12H16ClN5O2S. The molecule has 114 valence electrons. The molecule has 0 amide bonds. The fourth-order valence-corrected chi connectivity index (χ4v) is 3.25. The number of hydrogen-bond donors (Lipinski definition) is 2. The molecule has 1 heterocycles. The Kier molecular flexibility index (Phi) is 4.62. The third-order valence-corrected chi connectivity index (χ3v) is 5.11. The van der Waals surface area contributed by atoms with Gasteiger partial charge in [0, 0.05) is 18.6 Å². The van der Waals surface area contributed by atoms with Crippen LogP contribution in [0.3, 0.4) is 0 Å². The Balaban J connectivity index is 2.26. The number of aryl methyl sites for hydroxylation is 1. The van der Waals surface area contributed by atoms with Gasteiger partial charge < -0.3 is 5.73 Å². The van der Waals surface area contributed by atoms with Crippen molar-refractivity contribution in [2.24, 2.45) is 5.73 Å². The van der Waals surface area contributed by atoms with Gasteiger partial charge in [-0.25, -0.2) is 13.4 Å². The van der Waals surface area contributed by atoms with Crippen LogP contribution in [0, 0.1) is 6.92 Å². The molecule has 7 nitrogen and oxygen atoms in total. The van der Waals surface area contributed by atoms with Gasteiger partial charge in [0.1, 0.15) is 5.82 Å². The zero-order valence-corrected chi connectivity index (χ0v) is 13.2. The minimum Gasteiger partial charge on any atom is -0.326 e. The van der Waals surface area contributed by atoms with Crippen LogP contribution in [0.2, 0.25) is 5.02 Å². The van der Waals surface area contributed by atoms with Gasteiger partial charge >= 0.3 is 0 Å². The maximum Gasteiger partial charge on any atom is 0.243 e. The van der Waals surface area contributed by atoms with E-state index in [1.807, 2.05) is 0 Å². The van der Waals surface area contributed by atoms with Crippen molar-refractivity contribution in [1.29, 1.82) is 0 Å². The lowest BCUT2D eigenvalue weighted by atomic mass is 10.2. The predicted octanol–water partition coefficient (Wildman–Crippen LogP) is 1.05. The van der Waals surface area contributed by atoms with E-state index in [0.29, 0.717) is 22.2 Å². The van der Waals surface area contributed by atoms with E-state index in [1.165, 1.54) is 23.5 Å². The fraction of sp³-hybridized carbons (Fsp3) is 0.333. The Morgan fingerprint density at radius 1 is 1.43 bits per heavy atom. The van der Waals surface area contributed by atoms with Crippen LogP contribution < -0.4 is 5.73 Å². The minimum atomic E-state index is -3.66. The molecule has 2 rings (SSSR count). The Morgan fingerprint density at radius 2 is 2.14 bits per heavy atom. The monoisotopic (exact) mass is 329 g/mol. The van der Waals surface area contributed by atoms with Gasteiger partial charge in [0.05, 0.1) is 11.4 Å². The van der Waals surface area contributed by atoms with E-state index in [-0.39, 0.29) is 18.0 Å². The van der Waals surface area contributed by atoms with Crippen molar-refractivity contribution >= 4 is 21.6 Å². The number of rotatable bonds is 5. The Labute approximate surface area is 128 Å². The lowest BCUT2D eigenvalue weighted by Crippen LogP contribution is -2.27. The van der Waals surface area contributed by atoms with Crippen LogP contribution in [-0.2, 0) is 23.1 Å². The van der Waals surface area contributed by atoms with Crippen molar-refractivity contribution in [3.8, 4) is 0 Å². The van der Waals surface area contributed by atoms with E-state index in [0.717, 1.165) is 0 Å². The number of sulfonamides is 1. The molecule has 3 N–H and O–H groups in total. The summed E-state index contributed by atoms with van der Waals surface area (Å²) >= 11 is 6.01. The summed E-state index contributed by atoms with van der Waals surface area (Å²) < 4.78 is 26.1. The molecule has 0 unspecified atom stereocenters. The molecule has 0 bridgehead atoms. The first-order valence-corrected chi connectivity index (χ1v) is 7.99. The molecule has 0 atom stereocenters. The summed E-state index contributed by atoms with van der Waals surface area (Å²) in [7, 11) is -2.20. The molecule has 0 radical (unpaired) electrons. The van der Waals surface area contributed by atoms with E-state index in [9.17, 15) is 8.42 Å². The van der Waals surface area contributed by atoms with Crippen molar-refractivity contribution in [2.75, 3.05) is 7.05 Å². The summed E-state index contributed by atoms with van der Waals surface area (Å²) in [5.74, 6) is 1.04. The molecule has 21 heavy (non-hydrogen) atoms. The van der Waals surface area contributed by atoms with Crippen LogP contribution in [0.15, 0.2) is 23.1 Å². The van der Waals surface area contributed by atoms with Gasteiger partial charge in [0.2, 0.25) is 10.0 Å². The summed E-state index contributed by atoms with van der Waals surface area (Å²) in [5, 5.41) is 6.93. The normalized spacial score (nSPS) is 12.0. The van der Waals surface area contributed by atoms with Crippen molar-refractivity contribution < 1.29 is 8.42 Å². The van der Waals surface area contributed by atoms with Crippen LogP contribution >= 0.6 is 11.6 Å². The first-order chi connectivity index (χ1) is 9.84. The summed E-state index contributed by atoms with van der Waals surface area (Å²) in [5.41, 5.74) is 6.21. The first kappa shape index (κ1) is 15.9. The van der Waals surface area contributed by atoms with Gasteiger partial charge in [0.15, 0.2) is 5.82 Å². The molecular weight excluding hydrogens is 314 g/mol. The van der Waals surface area contributed by atoms with Crippen LogP contribution in [0.1, 0.15) is 17.2 Å². The highest BCUT2D eigenvalue weighted by Crippen LogP contribution is 2.23. The minimum absolute atomic E-state index is 0.0724. The third kappa shape index (κ3) is 3.41. The fourth-order valence-electron chi connectivity index (χ4n) is 1.78. The SMILES string of the molecule is Cc1nc(CN(C)S(=O)(=O)c2ccc(CN)c(Cl)c2)n[nH]1. The average molecular weight is 330 g/mol. The van der Waals surface area contributed by atoms with Crippen LogP contribution in [0.4, 0.5) is 0 Å². The molecule has 1 aromatic carbocycles. The largest absolute Gasteiger partial charge is 0.326 e. The van der Waals surface area contributed by atoms with Gasteiger partial charge in [-0.15, -0.1) is 0 Å². The zero-order valence-electron chi connectivity index (χ0n) is 11.7. The van der Waals surface area contributed by atoms with Crippen molar-refractivity contribution in [1.82, 2.24) is 19.5 Å². The summed E-state index contributed by atoms with van der Waals surface area (Å²) in [6.45, 7) is 2.07. The van der Waals surface area contributed by atoms with E-state index in [4.69, 9.17) is 17.3 Å². The standard InChI is InChI=1S/C12H16ClN5O2S/c1-8-15-12(17-16-8)7-18(2)21(19,20)10-4-3-9(6-14)11(13)5-10/h3-5H,6-7,14H2,1-2H3,(H,15,16,17). The number of benzene rings is 1. The van der Waals surface area contributed by atoms with Crippen LogP contribution in [0.25, 0.3) is 0 Å². The topological polar surface area (TPSA) is 105 Å². The molecule has 0 saturated heterocycles. The average Bonchev–Trinajstić information content (AvgIpc) is 2.83. The maximum atomic E-state index is 12.5. The maximum absolute atomic E-state index is 12.5. The highest BCUT2D eigenvalue weighted by atomic mass is 35.5. The summed E-state index contributed by atoms with van der Waals surface area (Å²) in [6.07, 6.45) is 0. The predicted molar refractivity (Wildman–Crippen MR) is 79.1 cm³/mol. The molecule has 0 fully saturated rings. The van der Waals surface area contributed by atoms with E-state index >= 15 is 0 Å².